The number of esters is 1. The smallest absolute Gasteiger partial charge is 0.332 e. The van der Waals surface area contributed by atoms with Crippen LogP contribution in [0.15, 0.2) is 11.8 Å². The molecule has 0 radical (unpaired) electrons. The molecule has 3 nitrogen and oxygen atoms in total. The minimum Gasteiger partial charge on any atom is -0.466 e. The van der Waals surface area contributed by atoms with E-state index in [1.807, 2.05) is 27.7 Å². The van der Waals surface area contributed by atoms with Crippen LogP contribution in [0.5, 0.6) is 0 Å². The molecule has 0 aliphatic heterocycles. The molecule has 0 saturated heterocycles. The van der Waals surface area contributed by atoms with Crippen LogP contribution in [0.3, 0.4) is 0 Å². The number of hydrogen-bond donors (Lipinski definition) is 1. The molecule has 0 aromatic carbocycles. The number of ether oxygens (including phenoxy) is 1. The van der Waals surface area contributed by atoms with Gasteiger partial charge in [0.1, 0.15) is 0 Å². The first-order valence-corrected chi connectivity index (χ1v) is 3.89. The van der Waals surface area contributed by atoms with Gasteiger partial charge in [-0.3, -0.25) is 0 Å². The molecule has 0 aromatic rings. The van der Waals surface area contributed by atoms with Gasteiger partial charge in [-0.05, 0) is 27.7 Å². The molecule has 0 fully saturated rings. The zero-order chi connectivity index (χ0) is 9.78. The molecular weight excluding hydrogens is 154 g/mol. The molecule has 0 heterocycles. The van der Waals surface area contributed by atoms with Crippen molar-refractivity contribution in [2.24, 2.45) is 0 Å². The fourth-order valence-corrected chi connectivity index (χ4v) is 0.863. The second kappa shape index (κ2) is 4.14. The van der Waals surface area contributed by atoms with Crippen LogP contribution in [0, 0.1) is 0 Å². The molecule has 0 unspecified atom stereocenters. The Morgan fingerprint density at radius 1 is 1.42 bits per heavy atom. The van der Waals surface area contributed by atoms with E-state index in [4.69, 9.17) is 0 Å². The Hall–Kier alpha value is -0.990. The van der Waals surface area contributed by atoms with E-state index in [0.717, 1.165) is 5.70 Å². The van der Waals surface area contributed by atoms with Crippen LogP contribution >= 0.6 is 0 Å². The molecule has 70 valence electrons. The molecule has 0 spiro atoms. The van der Waals surface area contributed by atoms with Gasteiger partial charge in [-0.15, -0.1) is 0 Å². The summed E-state index contributed by atoms with van der Waals surface area (Å²) in [5.41, 5.74) is 0.795. The molecule has 3 heteroatoms. The van der Waals surface area contributed by atoms with E-state index in [1.54, 1.807) is 0 Å². The van der Waals surface area contributed by atoms with E-state index in [0.29, 0.717) is 0 Å². The first kappa shape index (κ1) is 11.0. The molecule has 0 aromatic heterocycles. The minimum atomic E-state index is -0.329. The summed E-state index contributed by atoms with van der Waals surface area (Å²) in [5.74, 6) is -0.329. The number of methoxy groups -OCH3 is 1. The highest BCUT2D eigenvalue weighted by molar-refractivity contribution is 5.82. The van der Waals surface area contributed by atoms with Crippen LogP contribution in [0.1, 0.15) is 27.7 Å². The van der Waals surface area contributed by atoms with Crippen molar-refractivity contribution in [2.75, 3.05) is 7.11 Å². The molecule has 12 heavy (non-hydrogen) atoms. The molecular formula is C9H17NO2. The number of nitrogens with one attached hydrogen (secondary N) is 1. The maximum atomic E-state index is 10.8. The molecule has 1 N–H and O–H groups in total. The predicted octanol–water partition coefficient (Wildman–Crippen LogP) is 1.45. The monoisotopic (exact) mass is 171 g/mol. The quantitative estimate of drug-likeness (QED) is 0.505. The Morgan fingerprint density at radius 3 is 2.25 bits per heavy atom. The summed E-state index contributed by atoms with van der Waals surface area (Å²) in [6, 6.07) is 0. The summed E-state index contributed by atoms with van der Waals surface area (Å²) in [6.45, 7) is 7.92. The van der Waals surface area contributed by atoms with E-state index < -0.39 is 0 Å². The van der Waals surface area contributed by atoms with Crippen molar-refractivity contribution in [1.82, 2.24) is 5.32 Å². The van der Waals surface area contributed by atoms with Crippen LogP contribution in [0.4, 0.5) is 0 Å². The predicted molar refractivity (Wildman–Crippen MR) is 48.7 cm³/mol. The van der Waals surface area contributed by atoms with Gasteiger partial charge in [-0.2, -0.15) is 0 Å². The lowest BCUT2D eigenvalue weighted by atomic mass is 10.1. The van der Waals surface area contributed by atoms with Crippen molar-refractivity contribution in [3.63, 3.8) is 0 Å². The highest BCUT2D eigenvalue weighted by Gasteiger charge is 2.08. The van der Waals surface area contributed by atoms with E-state index in [9.17, 15) is 4.79 Å². The van der Waals surface area contributed by atoms with Crippen molar-refractivity contribution < 1.29 is 9.53 Å². The summed E-state index contributed by atoms with van der Waals surface area (Å²) < 4.78 is 4.48. The van der Waals surface area contributed by atoms with Gasteiger partial charge in [0.25, 0.3) is 0 Å². The number of hydrogen-bond acceptors (Lipinski definition) is 3. The highest BCUT2D eigenvalue weighted by atomic mass is 16.5. The van der Waals surface area contributed by atoms with Crippen LogP contribution in [0.25, 0.3) is 0 Å². The van der Waals surface area contributed by atoms with Crippen molar-refractivity contribution >= 4 is 5.97 Å². The minimum absolute atomic E-state index is 0.0192. The van der Waals surface area contributed by atoms with Crippen LogP contribution in [-0.4, -0.2) is 18.6 Å². The molecule has 0 rings (SSSR count). The summed E-state index contributed by atoms with van der Waals surface area (Å²) in [5, 5.41) is 3.14. The van der Waals surface area contributed by atoms with Crippen LogP contribution in [0.2, 0.25) is 0 Å². The molecule has 0 amide bonds. The average Bonchev–Trinajstić information content (AvgIpc) is 1.82. The number of rotatable bonds is 2. The Balaban J connectivity index is 4.12. The Labute approximate surface area is 73.8 Å². The third kappa shape index (κ3) is 5.77. The largest absolute Gasteiger partial charge is 0.466 e. The van der Waals surface area contributed by atoms with Gasteiger partial charge in [0.05, 0.1) is 7.11 Å². The van der Waals surface area contributed by atoms with Crippen molar-refractivity contribution in [1.29, 1.82) is 0 Å². The number of carbonyl (C=O) groups excluding carboxylic acids is 1. The van der Waals surface area contributed by atoms with Gasteiger partial charge in [0, 0.05) is 17.3 Å². The SMILES string of the molecule is COC(=O)/C=C(/C)NC(C)(C)C. The number of carbonyl (C=O) groups is 1. The fraction of sp³-hybridized carbons (Fsp3) is 0.667. The van der Waals surface area contributed by atoms with Gasteiger partial charge < -0.3 is 10.1 Å². The first-order chi connectivity index (χ1) is 5.35. The third-order valence-corrected chi connectivity index (χ3v) is 1.11. The summed E-state index contributed by atoms with van der Waals surface area (Å²) in [7, 11) is 1.36. The van der Waals surface area contributed by atoms with Crippen molar-refractivity contribution in [2.45, 2.75) is 33.2 Å². The van der Waals surface area contributed by atoms with Gasteiger partial charge >= 0.3 is 5.97 Å². The summed E-state index contributed by atoms with van der Waals surface area (Å²) in [6.07, 6.45) is 1.44. The van der Waals surface area contributed by atoms with E-state index in [2.05, 4.69) is 10.1 Å². The maximum Gasteiger partial charge on any atom is 0.332 e. The van der Waals surface area contributed by atoms with E-state index in [-0.39, 0.29) is 11.5 Å². The lowest BCUT2D eigenvalue weighted by Crippen LogP contribution is -2.34. The third-order valence-electron chi connectivity index (χ3n) is 1.11. The first-order valence-electron chi connectivity index (χ1n) is 3.89. The maximum absolute atomic E-state index is 10.8. The summed E-state index contributed by atoms with van der Waals surface area (Å²) in [4.78, 5) is 10.8. The fourth-order valence-electron chi connectivity index (χ4n) is 0.863. The van der Waals surface area contributed by atoms with E-state index in [1.165, 1.54) is 13.2 Å². The average molecular weight is 171 g/mol. The zero-order valence-electron chi connectivity index (χ0n) is 8.39. The molecule has 0 aliphatic carbocycles. The summed E-state index contributed by atoms with van der Waals surface area (Å²) >= 11 is 0. The Bertz CT molecular complexity index is 189. The van der Waals surface area contributed by atoms with Crippen molar-refractivity contribution in [3.05, 3.63) is 11.8 Å². The molecule has 0 atom stereocenters. The second-order valence-corrected chi connectivity index (χ2v) is 3.73. The van der Waals surface area contributed by atoms with Gasteiger partial charge in [0.15, 0.2) is 0 Å². The number of allylic oxidation sites excluding steroid dienone is 1. The van der Waals surface area contributed by atoms with Crippen LogP contribution in [-0.2, 0) is 9.53 Å². The lowest BCUT2D eigenvalue weighted by Gasteiger charge is -2.22. The molecule has 0 saturated carbocycles. The zero-order valence-corrected chi connectivity index (χ0v) is 8.39. The molecule has 0 aliphatic rings. The standard InChI is InChI=1S/C9H17NO2/c1-7(6-8(11)12-5)10-9(2,3)4/h6,10H,1-5H3/b7-6-. The highest BCUT2D eigenvalue weighted by Crippen LogP contribution is 2.02. The molecule has 0 bridgehead atoms. The van der Waals surface area contributed by atoms with Crippen molar-refractivity contribution in [3.8, 4) is 0 Å². The van der Waals surface area contributed by atoms with Gasteiger partial charge in [-0.25, -0.2) is 4.79 Å². The van der Waals surface area contributed by atoms with Crippen LogP contribution < -0.4 is 5.32 Å². The van der Waals surface area contributed by atoms with Gasteiger partial charge in [-0.1, -0.05) is 0 Å². The lowest BCUT2D eigenvalue weighted by molar-refractivity contribution is -0.134. The Kier molecular flexibility index (Phi) is 3.80. The van der Waals surface area contributed by atoms with Gasteiger partial charge in [0.2, 0.25) is 0 Å². The Morgan fingerprint density at radius 2 is 1.92 bits per heavy atom. The second-order valence-electron chi connectivity index (χ2n) is 3.73. The topological polar surface area (TPSA) is 38.3 Å². The normalized spacial score (nSPS) is 12.6. The van der Waals surface area contributed by atoms with E-state index >= 15 is 0 Å².